The van der Waals surface area contributed by atoms with E-state index in [1.807, 2.05) is 17.1 Å². The van der Waals surface area contributed by atoms with Gasteiger partial charge in [-0.05, 0) is 13.8 Å². The van der Waals surface area contributed by atoms with Gasteiger partial charge in [-0.2, -0.15) is 0 Å². The molecule has 17 heavy (non-hydrogen) atoms. The van der Waals surface area contributed by atoms with E-state index in [9.17, 15) is 0 Å². The Morgan fingerprint density at radius 3 is 2.71 bits per heavy atom. The average Bonchev–Trinajstić information content (AvgIpc) is 2.95. The van der Waals surface area contributed by atoms with E-state index in [0.717, 1.165) is 12.2 Å². The van der Waals surface area contributed by atoms with Gasteiger partial charge in [0, 0.05) is 35.0 Å². The van der Waals surface area contributed by atoms with E-state index in [0.29, 0.717) is 12.0 Å². The van der Waals surface area contributed by atoms with Gasteiger partial charge < -0.3 is 5.32 Å². The second-order valence-corrected chi connectivity index (χ2v) is 6.02. The molecule has 0 radical (unpaired) electrons. The van der Waals surface area contributed by atoms with Gasteiger partial charge in [0.1, 0.15) is 0 Å². The van der Waals surface area contributed by atoms with E-state index in [1.54, 1.807) is 22.7 Å². The zero-order valence-corrected chi connectivity index (χ0v) is 11.9. The molecule has 92 valence electrons. The van der Waals surface area contributed by atoms with Crippen LogP contribution in [0.2, 0.25) is 0 Å². The van der Waals surface area contributed by atoms with Gasteiger partial charge in [-0.3, -0.25) is 0 Å². The van der Waals surface area contributed by atoms with Crippen molar-refractivity contribution in [1.29, 1.82) is 0 Å². The smallest absolute Gasteiger partial charge is 0.0965 e. The second-order valence-electron chi connectivity index (χ2n) is 4.20. The fraction of sp³-hybridized carbons (Fsp3) is 0.500. The lowest BCUT2D eigenvalue weighted by Gasteiger charge is -2.15. The number of aromatic nitrogens is 2. The molecule has 0 saturated heterocycles. The van der Waals surface area contributed by atoms with Crippen LogP contribution in [-0.4, -0.2) is 16.5 Å². The van der Waals surface area contributed by atoms with Crippen molar-refractivity contribution >= 4 is 22.7 Å². The molecule has 5 heteroatoms. The Kier molecular flexibility index (Phi) is 4.25. The number of nitrogens with zero attached hydrogens (tertiary/aromatic N) is 2. The summed E-state index contributed by atoms with van der Waals surface area (Å²) in [5, 5.41) is 6.78. The zero-order chi connectivity index (χ0) is 12.3. The van der Waals surface area contributed by atoms with Gasteiger partial charge in [-0.25, -0.2) is 9.97 Å². The third-order valence-electron chi connectivity index (χ3n) is 2.78. The summed E-state index contributed by atoms with van der Waals surface area (Å²) >= 11 is 3.44. The van der Waals surface area contributed by atoms with Crippen LogP contribution >= 0.6 is 22.7 Å². The molecule has 0 saturated carbocycles. The molecular weight excluding hydrogens is 250 g/mol. The second kappa shape index (κ2) is 5.71. The molecule has 3 nitrogen and oxygen atoms in total. The third-order valence-corrected chi connectivity index (χ3v) is 4.90. The number of nitrogens with one attached hydrogen (secondary N) is 1. The van der Waals surface area contributed by atoms with Crippen LogP contribution in [0.5, 0.6) is 0 Å². The molecule has 0 amide bonds. The lowest BCUT2D eigenvalue weighted by Crippen LogP contribution is -2.23. The first-order chi connectivity index (χ1) is 8.18. The number of aryl methyl sites for hydroxylation is 1. The molecule has 0 aliphatic heterocycles. The van der Waals surface area contributed by atoms with Crippen LogP contribution in [0, 0.1) is 6.92 Å². The Hall–Kier alpha value is -0.780. The van der Waals surface area contributed by atoms with Gasteiger partial charge in [0.15, 0.2) is 0 Å². The van der Waals surface area contributed by atoms with E-state index in [4.69, 9.17) is 0 Å². The molecule has 0 aromatic carbocycles. The zero-order valence-electron chi connectivity index (χ0n) is 10.3. The Morgan fingerprint density at radius 2 is 2.12 bits per heavy atom. The third kappa shape index (κ3) is 3.12. The standard InChI is InChI=1S/C12H17N3S2/c1-8(12-13-4-5-16-12)6-14-9(2)11-10(3)15-7-17-11/h4-5,7-9,14H,6H2,1-3H3. The van der Waals surface area contributed by atoms with Gasteiger partial charge in [-0.15, -0.1) is 22.7 Å². The molecule has 0 bridgehead atoms. The fourth-order valence-electron chi connectivity index (χ4n) is 1.74. The van der Waals surface area contributed by atoms with Gasteiger partial charge in [0.05, 0.1) is 16.2 Å². The molecule has 0 aliphatic carbocycles. The molecule has 0 aliphatic rings. The van der Waals surface area contributed by atoms with Crippen molar-refractivity contribution in [3.8, 4) is 0 Å². The predicted molar refractivity (Wildman–Crippen MR) is 73.8 cm³/mol. The summed E-state index contributed by atoms with van der Waals surface area (Å²) in [4.78, 5) is 9.96. The molecule has 0 fully saturated rings. The van der Waals surface area contributed by atoms with Crippen LogP contribution in [0.1, 0.15) is 41.4 Å². The number of hydrogen-bond donors (Lipinski definition) is 1. The van der Waals surface area contributed by atoms with Crippen molar-refractivity contribution in [2.75, 3.05) is 6.54 Å². The van der Waals surface area contributed by atoms with Crippen molar-refractivity contribution in [2.24, 2.45) is 0 Å². The molecule has 2 atom stereocenters. The molecular formula is C12H17N3S2. The Labute approximate surface area is 110 Å². The minimum absolute atomic E-state index is 0.366. The van der Waals surface area contributed by atoms with E-state index in [2.05, 4.69) is 36.1 Å². The Bertz CT molecular complexity index is 450. The summed E-state index contributed by atoms with van der Waals surface area (Å²) in [5.41, 5.74) is 3.05. The Morgan fingerprint density at radius 1 is 1.29 bits per heavy atom. The van der Waals surface area contributed by atoms with Crippen LogP contribution in [0.3, 0.4) is 0 Å². The number of hydrogen-bond acceptors (Lipinski definition) is 5. The predicted octanol–water partition coefficient (Wildman–Crippen LogP) is 3.36. The highest BCUT2D eigenvalue weighted by Crippen LogP contribution is 2.22. The largest absolute Gasteiger partial charge is 0.309 e. The van der Waals surface area contributed by atoms with Gasteiger partial charge in [0.25, 0.3) is 0 Å². The van der Waals surface area contributed by atoms with Gasteiger partial charge >= 0.3 is 0 Å². The minimum atomic E-state index is 0.366. The number of rotatable bonds is 5. The monoisotopic (exact) mass is 267 g/mol. The maximum Gasteiger partial charge on any atom is 0.0965 e. The van der Waals surface area contributed by atoms with Gasteiger partial charge in [-0.1, -0.05) is 6.92 Å². The SMILES string of the molecule is Cc1ncsc1C(C)NCC(C)c1nccs1. The first-order valence-electron chi connectivity index (χ1n) is 5.71. The summed E-state index contributed by atoms with van der Waals surface area (Å²) in [6, 6.07) is 0.366. The highest BCUT2D eigenvalue weighted by molar-refractivity contribution is 7.10. The van der Waals surface area contributed by atoms with Crippen molar-refractivity contribution in [2.45, 2.75) is 32.7 Å². The van der Waals surface area contributed by atoms with E-state index < -0.39 is 0 Å². The minimum Gasteiger partial charge on any atom is -0.309 e. The average molecular weight is 267 g/mol. The summed E-state index contributed by atoms with van der Waals surface area (Å²) in [5.74, 6) is 0.464. The van der Waals surface area contributed by atoms with Crippen molar-refractivity contribution in [3.05, 3.63) is 32.7 Å². The van der Waals surface area contributed by atoms with Crippen LogP contribution < -0.4 is 5.32 Å². The van der Waals surface area contributed by atoms with E-state index >= 15 is 0 Å². The normalized spacial score (nSPS) is 14.8. The Balaban J connectivity index is 1.88. The summed E-state index contributed by atoms with van der Waals surface area (Å²) in [6.07, 6.45) is 1.87. The van der Waals surface area contributed by atoms with Crippen molar-refractivity contribution < 1.29 is 0 Å². The molecule has 0 spiro atoms. The van der Waals surface area contributed by atoms with Crippen LogP contribution in [-0.2, 0) is 0 Å². The molecule has 2 aromatic rings. The lowest BCUT2D eigenvalue weighted by molar-refractivity contribution is 0.539. The molecule has 2 unspecified atom stereocenters. The molecule has 2 rings (SSSR count). The highest BCUT2D eigenvalue weighted by atomic mass is 32.1. The summed E-state index contributed by atoms with van der Waals surface area (Å²) < 4.78 is 0. The van der Waals surface area contributed by atoms with Crippen LogP contribution in [0.4, 0.5) is 0 Å². The van der Waals surface area contributed by atoms with Crippen LogP contribution in [0.25, 0.3) is 0 Å². The number of thiazole rings is 2. The topological polar surface area (TPSA) is 37.8 Å². The highest BCUT2D eigenvalue weighted by Gasteiger charge is 2.13. The van der Waals surface area contributed by atoms with E-state index in [-0.39, 0.29) is 0 Å². The molecule has 2 aromatic heterocycles. The van der Waals surface area contributed by atoms with Crippen molar-refractivity contribution in [3.63, 3.8) is 0 Å². The van der Waals surface area contributed by atoms with Crippen molar-refractivity contribution in [1.82, 2.24) is 15.3 Å². The van der Waals surface area contributed by atoms with Gasteiger partial charge in [0.2, 0.25) is 0 Å². The lowest BCUT2D eigenvalue weighted by atomic mass is 10.1. The van der Waals surface area contributed by atoms with Crippen LogP contribution in [0.15, 0.2) is 17.1 Å². The molecule has 2 heterocycles. The quantitative estimate of drug-likeness (QED) is 0.902. The fourth-order valence-corrected chi connectivity index (χ4v) is 3.27. The maximum absolute atomic E-state index is 4.34. The van der Waals surface area contributed by atoms with E-state index in [1.165, 1.54) is 9.88 Å². The summed E-state index contributed by atoms with van der Waals surface area (Å²) in [6.45, 7) is 7.41. The maximum atomic E-state index is 4.34. The molecule has 1 N–H and O–H groups in total. The first-order valence-corrected chi connectivity index (χ1v) is 7.47. The first kappa shape index (κ1) is 12.7. The summed E-state index contributed by atoms with van der Waals surface area (Å²) in [7, 11) is 0.